The number of alkyl halides is 17. The zero-order chi connectivity index (χ0) is 41.9. The lowest BCUT2D eigenvalue weighted by Crippen LogP contribution is -2.63. The van der Waals surface area contributed by atoms with Gasteiger partial charge in [0.15, 0.2) is 17.9 Å². The van der Waals surface area contributed by atoms with E-state index in [-0.39, 0.29) is 55.4 Å². The minimum absolute atomic E-state index is 0.0000812. The number of ether oxygens (including phenoxy) is 5. The van der Waals surface area contributed by atoms with Crippen LogP contribution in [0.2, 0.25) is 0 Å². The molecular weight excluding hydrogens is 751 g/mol. The number of hydrogen-bond donors (Lipinski definition) is 0. The normalized spacial score (nSPS) is 17.5. The van der Waals surface area contributed by atoms with Gasteiger partial charge in [-0.3, -0.25) is 9.47 Å². The van der Waals surface area contributed by atoms with Gasteiger partial charge in [-0.25, -0.2) is 22.0 Å². The van der Waals surface area contributed by atoms with Crippen LogP contribution in [0.5, 0.6) is 0 Å². The molecule has 0 saturated heterocycles. The quantitative estimate of drug-likeness (QED) is 0.115. The van der Waals surface area contributed by atoms with E-state index in [1.807, 2.05) is 0 Å². The van der Waals surface area contributed by atoms with Gasteiger partial charge in [-0.15, -0.1) is 0 Å². The Balaban J connectivity index is 6.34. The van der Waals surface area contributed by atoms with Crippen molar-refractivity contribution in [3.63, 3.8) is 0 Å². The molecule has 0 aromatic rings. The van der Waals surface area contributed by atoms with Crippen LogP contribution < -0.4 is 0 Å². The topological polar surface area (TPSA) is 46.2 Å². The average Bonchev–Trinajstić information content (AvgIpc) is 2.84. The molecule has 0 aliphatic heterocycles. The van der Waals surface area contributed by atoms with E-state index in [9.17, 15) is 57.1 Å². The molecular formula is C29H43F17O5. The molecule has 51 heavy (non-hydrogen) atoms. The number of halogens is 17. The van der Waals surface area contributed by atoms with E-state index in [0.717, 1.165) is 0 Å². The van der Waals surface area contributed by atoms with Crippen molar-refractivity contribution in [3.8, 4) is 0 Å². The summed E-state index contributed by atoms with van der Waals surface area (Å²) in [5.74, 6) is -16.5. The smallest absolute Gasteiger partial charge is 0.314 e. The Bertz CT molecular complexity index is 1180. The molecule has 0 heterocycles. The Labute approximate surface area is 283 Å². The molecule has 0 aliphatic rings. The van der Waals surface area contributed by atoms with Crippen LogP contribution >= 0.6 is 0 Å². The molecule has 2 unspecified atom stereocenters. The lowest BCUT2D eigenvalue weighted by molar-refractivity contribution is -0.507. The van der Waals surface area contributed by atoms with Gasteiger partial charge in [0.2, 0.25) is 0 Å². The standard InChI is InChI=1S/C29H43F17O5/c1-15(23(33,34)14-30)18(5,6)48-26(39,40)21(11,12)51-29(45,46)28(43,44)50-20(9,10)25(37,38)47-16(2)17(3,4)24(35,36)27(41,42)49-19(7,8)22(13,31)32/h15-16H,14H2,1-13H3. The van der Waals surface area contributed by atoms with Gasteiger partial charge in [0, 0.05) is 6.92 Å². The van der Waals surface area contributed by atoms with E-state index >= 15 is 17.6 Å². The Morgan fingerprint density at radius 3 is 1.10 bits per heavy atom. The molecule has 5 nitrogen and oxygen atoms in total. The number of rotatable bonds is 20. The van der Waals surface area contributed by atoms with Crippen LogP contribution in [0, 0.1) is 11.3 Å². The Morgan fingerprint density at radius 2 is 0.765 bits per heavy atom. The van der Waals surface area contributed by atoms with Crippen LogP contribution in [-0.2, 0) is 23.7 Å². The summed E-state index contributed by atoms with van der Waals surface area (Å²) < 4.78 is 266. The minimum atomic E-state index is -6.35. The summed E-state index contributed by atoms with van der Waals surface area (Å²) >= 11 is 0. The van der Waals surface area contributed by atoms with Gasteiger partial charge < -0.3 is 14.2 Å². The summed E-state index contributed by atoms with van der Waals surface area (Å²) in [4.78, 5) is 0. The van der Waals surface area contributed by atoms with Gasteiger partial charge in [-0.1, -0.05) is 20.8 Å². The Hall–Kier alpha value is -1.39. The highest BCUT2D eigenvalue weighted by Gasteiger charge is 2.73. The first kappa shape index (κ1) is 49.6. The minimum Gasteiger partial charge on any atom is -0.314 e. The lowest BCUT2D eigenvalue weighted by Gasteiger charge is -2.46. The van der Waals surface area contributed by atoms with E-state index in [2.05, 4.69) is 23.7 Å². The van der Waals surface area contributed by atoms with Gasteiger partial charge in [0.1, 0.15) is 5.60 Å². The molecule has 0 rings (SSSR count). The highest BCUT2D eigenvalue weighted by atomic mass is 19.3. The van der Waals surface area contributed by atoms with E-state index in [1.165, 1.54) is 0 Å². The van der Waals surface area contributed by atoms with Crippen molar-refractivity contribution in [2.45, 2.75) is 167 Å². The van der Waals surface area contributed by atoms with Crippen molar-refractivity contribution in [2.75, 3.05) is 6.67 Å². The molecule has 0 spiro atoms. The average molecular weight is 795 g/mol. The molecule has 0 radical (unpaired) electrons. The third kappa shape index (κ3) is 10.0. The van der Waals surface area contributed by atoms with E-state index in [0.29, 0.717) is 34.6 Å². The van der Waals surface area contributed by atoms with Gasteiger partial charge in [0.25, 0.3) is 11.8 Å². The fourth-order valence-corrected chi connectivity index (χ4v) is 3.66. The van der Waals surface area contributed by atoms with Crippen LogP contribution in [-0.4, -0.2) is 83.5 Å². The molecule has 0 saturated carbocycles. The molecule has 2 atom stereocenters. The summed E-state index contributed by atoms with van der Waals surface area (Å²) in [5.41, 5.74) is -17.6. The van der Waals surface area contributed by atoms with Crippen molar-refractivity contribution in [2.24, 2.45) is 11.3 Å². The SMILES string of the molecule is CC(C(F)(F)CF)C(C)(C)OC(F)(F)C(C)(C)OC(F)(F)C(F)(F)OC(C)(C)C(F)(F)OC(C)C(C)(C)C(F)(F)C(F)(F)OC(C)(C)C(C)(F)F. The van der Waals surface area contributed by atoms with Crippen molar-refractivity contribution in [3.05, 3.63) is 0 Å². The highest BCUT2D eigenvalue weighted by Crippen LogP contribution is 2.55. The van der Waals surface area contributed by atoms with Gasteiger partial charge >= 0.3 is 36.5 Å². The summed E-state index contributed by atoms with van der Waals surface area (Å²) in [5, 5.41) is 0. The molecule has 0 amide bonds. The third-order valence-electron chi connectivity index (χ3n) is 8.71. The summed E-state index contributed by atoms with van der Waals surface area (Å²) in [6, 6.07) is 0. The zero-order valence-electron chi connectivity index (χ0n) is 29.8. The largest absolute Gasteiger partial charge is 0.449 e. The van der Waals surface area contributed by atoms with Crippen LogP contribution in [0.1, 0.15) is 90.0 Å². The highest BCUT2D eigenvalue weighted by molar-refractivity contribution is 4.99. The van der Waals surface area contributed by atoms with Crippen LogP contribution in [0.15, 0.2) is 0 Å². The molecule has 308 valence electrons. The van der Waals surface area contributed by atoms with E-state index in [1.54, 1.807) is 0 Å². The molecule has 0 aliphatic carbocycles. The summed E-state index contributed by atoms with van der Waals surface area (Å²) in [6.45, 7) is 0.395. The summed E-state index contributed by atoms with van der Waals surface area (Å²) in [6.07, 6.45) is -32.0. The fourth-order valence-electron chi connectivity index (χ4n) is 3.66. The summed E-state index contributed by atoms with van der Waals surface area (Å²) in [7, 11) is 0. The Morgan fingerprint density at radius 1 is 0.431 bits per heavy atom. The van der Waals surface area contributed by atoms with E-state index < -0.39 is 94.8 Å². The maximum absolute atomic E-state index is 15.2. The monoisotopic (exact) mass is 794 g/mol. The molecule has 22 heteroatoms. The van der Waals surface area contributed by atoms with Crippen molar-refractivity contribution in [1.82, 2.24) is 0 Å². The second kappa shape index (κ2) is 14.0. The molecule has 0 aromatic carbocycles. The zero-order valence-corrected chi connectivity index (χ0v) is 29.8. The molecule has 0 N–H and O–H groups in total. The number of hydrogen-bond acceptors (Lipinski definition) is 5. The first-order valence-corrected chi connectivity index (χ1v) is 14.7. The first-order chi connectivity index (χ1) is 21.7. The molecule has 0 aromatic heterocycles. The van der Waals surface area contributed by atoms with Crippen LogP contribution in [0.3, 0.4) is 0 Å². The van der Waals surface area contributed by atoms with Gasteiger partial charge in [-0.05, 0) is 62.3 Å². The van der Waals surface area contributed by atoms with E-state index in [4.69, 9.17) is 0 Å². The maximum Gasteiger partial charge on any atom is 0.449 e. The van der Waals surface area contributed by atoms with Gasteiger partial charge in [0.05, 0.1) is 23.0 Å². The second-order valence-corrected chi connectivity index (χ2v) is 14.7. The first-order valence-electron chi connectivity index (χ1n) is 14.7. The van der Waals surface area contributed by atoms with Crippen LogP contribution in [0.4, 0.5) is 74.6 Å². The molecule has 0 fully saturated rings. The second-order valence-electron chi connectivity index (χ2n) is 14.7. The third-order valence-corrected chi connectivity index (χ3v) is 8.71. The van der Waals surface area contributed by atoms with Crippen molar-refractivity contribution < 1.29 is 98.3 Å². The van der Waals surface area contributed by atoms with Crippen LogP contribution in [0.25, 0.3) is 0 Å². The molecule has 0 bridgehead atoms. The lowest BCUT2D eigenvalue weighted by atomic mass is 9.79. The fraction of sp³-hybridized carbons (Fsp3) is 1.00. The predicted octanol–water partition coefficient (Wildman–Crippen LogP) is 11.1. The Kier molecular flexibility index (Phi) is 13.7. The predicted molar refractivity (Wildman–Crippen MR) is 145 cm³/mol. The van der Waals surface area contributed by atoms with Gasteiger partial charge in [-0.2, -0.15) is 52.7 Å². The van der Waals surface area contributed by atoms with Crippen molar-refractivity contribution >= 4 is 0 Å². The maximum atomic E-state index is 15.2. The van der Waals surface area contributed by atoms with Crippen molar-refractivity contribution in [1.29, 1.82) is 0 Å².